The number of carbonyl (C=O) groups excluding carboxylic acids is 2. The van der Waals surface area contributed by atoms with E-state index in [4.69, 9.17) is 10.2 Å². The van der Waals surface area contributed by atoms with Crippen molar-refractivity contribution in [2.45, 2.75) is 39.0 Å². The first-order valence-electron chi connectivity index (χ1n) is 12.6. The predicted molar refractivity (Wildman–Crippen MR) is 144 cm³/mol. The molecule has 1 amide bonds. The molecule has 12 heteroatoms. The lowest BCUT2D eigenvalue weighted by Gasteiger charge is -2.34. The number of aryl methyl sites for hydroxylation is 1. The van der Waals surface area contributed by atoms with Gasteiger partial charge in [0, 0.05) is 68.6 Å². The second-order valence-electron chi connectivity index (χ2n) is 8.97. The first-order valence-corrected chi connectivity index (χ1v) is 13.4. The smallest absolute Gasteiger partial charge is 0.328 e. The van der Waals surface area contributed by atoms with E-state index in [-0.39, 0.29) is 11.7 Å². The minimum absolute atomic E-state index is 0.0838. The van der Waals surface area contributed by atoms with Gasteiger partial charge in [-0.15, -0.1) is 11.3 Å². The van der Waals surface area contributed by atoms with E-state index in [0.29, 0.717) is 18.6 Å². The number of thiophene rings is 1. The van der Waals surface area contributed by atoms with Crippen LogP contribution in [0.3, 0.4) is 0 Å². The summed E-state index contributed by atoms with van der Waals surface area (Å²) in [7, 11) is 0. The van der Waals surface area contributed by atoms with Crippen molar-refractivity contribution < 1.29 is 29.4 Å². The van der Waals surface area contributed by atoms with E-state index >= 15 is 0 Å². The molecule has 2 aromatic heterocycles. The van der Waals surface area contributed by atoms with Gasteiger partial charge in [-0.3, -0.25) is 14.5 Å². The third-order valence-electron chi connectivity index (χ3n) is 6.20. The van der Waals surface area contributed by atoms with Crippen LogP contribution in [0.4, 0.5) is 11.6 Å². The van der Waals surface area contributed by atoms with Crippen LogP contribution in [0.2, 0.25) is 0 Å². The summed E-state index contributed by atoms with van der Waals surface area (Å²) in [4.78, 5) is 60.8. The van der Waals surface area contributed by atoms with Gasteiger partial charge in [0.25, 0.3) is 0 Å². The number of rotatable bonds is 9. The van der Waals surface area contributed by atoms with Gasteiger partial charge in [0.2, 0.25) is 11.9 Å². The van der Waals surface area contributed by atoms with E-state index in [1.807, 2.05) is 17.0 Å². The molecule has 2 N–H and O–H groups in total. The SMILES string of the molecule is CC(=O)c1cc2c(s1)CCCC(=O)N2CCCCN1CCN(c2ncccn2)CC1.O=C(O)/C=C/C(=O)O. The van der Waals surface area contributed by atoms with Crippen LogP contribution in [-0.4, -0.2) is 88.0 Å². The van der Waals surface area contributed by atoms with Crippen LogP contribution in [-0.2, 0) is 20.8 Å². The summed E-state index contributed by atoms with van der Waals surface area (Å²) in [5.74, 6) is -1.42. The topological polar surface area (TPSA) is 144 Å². The number of carbonyl (C=O) groups is 4. The van der Waals surface area contributed by atoms with Crippen LogP contribution < -0.4 is 9.80 Å². The van der Waals surface area contributed by atoms with Gasteiger partial charge < -0.3 is 20.0 Å². The van der Waals surface area contributed by atoms with Gasteiger partial charge in [-0.1, -0.05) is 0 Å². The maximum Gasteiger partial charge on any atom is 0.328 e. The zero-order chi connectivity index (χ0) is 27.5. The molecule has 0 saturated carbocycles. The van der Waals surface area contributed by atoms with Crippen LogP contribution in [0.1, 0.15) is 47.2 Å². The molecule has 0 spiro atoms. The van der Waals surface area contributed by atoms with Crippen molar-refractivity contribution in [1.29, 1.82) is 0 Å². The van der Waals surface area contributed by atoms with Crippen LogP contribution in [0, 0.1) is 0 Å². The molecule has 0 radical (unpaired) electrons. The number of hydrogen-bond acceptors (Lipinski definition) is 9. The van der Waals surface area contributed by atoms with Gasteiger partial charge in [0.05, 0.1) is 10.6 Å². The number of Topliss-reactive ketones (excluding diaryl/α,β-unsaturated/α-hetero) is 1. The standard InChI is InChI=1S/C22H29N5O2S.C4H4O4/c1-17(28)20-16-18-19(30-20)6-4-7-21(29)27(18)11-3-2-10-25-12-14-26(15-13-25)22-23-8-5-9-24-22;5-3(6)1-2-4(7)8/h5,8-9,16H,2-4,6-7,10-15H2,1H3;1-2H,(H,5,6)(H,7,8)/b;2-1+. The number of amides is 1. The van der Waals surface area contributed by atoms with Crippen LogP contribution >= 0.6 is 11.3 Å². The fraction of sp³-hybridized carbons (Fsp3) is 0.462. The molecule has 2 aliphatic heterocycles. The zero-order valence-electron chi connectivity index (χ0n) is 21.4. The third-order valence-corrected chi connectivity index (χ3v) is 7.49. The lowest BCUT2D eigenvalue weighted by Crippen LogP contribution is -2.47. The third kappa shape index (κ3) is 8.73. The highest BCUT2D eigenvalue weighted by Crippen LogP contribution is 2.35. The van der Waals surface area contributed by atoms with Crippen molar-refractivity contribution in [2.75, 3.05) is 49.1 Å². The number of hydrogen-bond donors (Lipinski definition) is 2. The van der Waals surface area contributed by atoms with E-state index in [1.54, 1.807) is 30.7 Å². The fourth-order valence-electron chi connectivity index (χ4n) is 4.29. The number of fused-ring (bicyclic) bond motifs is 1. The van der Waals surface area contributed by atoms with Crippen molar-refractivity contribution in [3.63, 3.8) is 0 Å². The van der Waals surface area contributed by atoms with Crippen LogP contribution in [0.5, 0.6) is 0 Å². The van der Waals surface area contributed by atoms with E-state index in [9.17, 15) is 19.2 Å². The van der Waals surface area contributed by atoms with Crippen molar-refractivity contribution in [3.8, 4) is 0 Å². The average molecular weight is 544 g/mol. The van der Waals surface area contributed by atoms with Crippen molar-refractivity contribution in [3.05, 3.63) is 46.4 Å². The highest BCUT2D eigenvalue weighted by Gasteiger charge is 2.25. The number of unbranched alkanes of at least 4 members (excludes halogenated alkanes) is 1. The Labute approximate surface area is 225 Å². The largest absolute Gasteiger partial charge is 0.478 e. The quantitative estimate of drug-likeness (QED) is 0.275. The molecule has 0 bridgehead atoms. The molecule has 0 atom stereocenters. The number of ketones is 1. The number of aliphatic carboxylic acids is 2. The van der Waals surface area contributed by atoms with Gasteiger partial charge in [0.15, 0.2) is 5.78 Å². The molecule has 2 aliphatic rings. The fourth-order valence-corrected chi connectivity index (χ4v) is 5.39. The van der Waals surface area contributed by atoms with E-state index in [1.165, 1.54) is 4.88 Å². The first-order chi connectivity index (χ1) is 18.2. The van der Waals surface area contributed by atoms with Crippen molar-refractivity contribution in [1.82, 2.24) is 14.9 Å². The first kappa shape index (κ1) is 28.9. The molecule has 0 unspecified atom stereocenters. The van der Waals surface area contributed by atoms with Gasteiger partial charge in [0.1, 0.15) is 0 Å². The number of aromatic nitrogens is 2. The van der Waals surface area contributed by atoms with Gasteiger partial charge in [-0.25, -0.2) is 19.6 Å². The molecule has 4 heterocycles. The molecule has 0 aliphatic carbocycles. The molecule has 0 aromatic carbocycles. The van der Waals surface area contributed by atoms with E-state index in [0.717, 1.165) is 81.5 Å². The minimum atomic E-state index is -1.26. The summed E-state index contributed by atoms with van der Waals surface area (Å²) in [5, 5.41) is 15.6. The second-order valence-corrected chi connectivity index (χ2v) is 10.1. The number of carboxylic acids is 2. The summed E-state index contributed by atoms with van der Waals surface area (Å²) in [5.41, 5.74) is 0.976. The lowest BCUT2D eigenvalue weighted by atomic mass is 10.2. The Hall–Kier alpha value is -3.64. The lowest BCUT2D eigenvalue weighted by molar-refractivity contribution is -0.134. The Bertz CT molecular complexity index is 1130. The number of nitrogens with zero attached hydrogens (tertiary/aromatic N) is 5. The highest BCUT2D eigenvalue weighted by atomic mass is 32.1. The maximum absolute atomic E-state index is 12.6. The molecule has 1 fully saturated rings. The summed E-state index contributed by atoms with van der Waals surface area (Å²) in [6, 6.07) is 3.77. The number of piperazine rings is 1. The Balaban J connectivity index is 0.000000436. The molecule has 2 aromatic rings. The van der Waals surface area contributed by atoms with E-state index < -0.39 is 11.9 Å². The summed E-state index contributed by atoms with van der Waals surface area (Å²) < 4.78 is 0. The summed E-state index contributed by atoms with van der Waals surface area (Å²) >= 11 is 1.56. The Morgan fingerprint density at radius 1 is 0.974 bits per heavy atom. The molecular weight excluding hydrogens is 510 g/mol. The number of anilines is 2. The Kier molecular flexibility index (Phi) is 10.9. The molecule has 4 rings (SSSR count). The number of carboxylic acid groups (broad SMARTS) is 2. The van der Waals surface area contributed by atoms with Crippen molar-refractivity contribution >= 4 is 46.6 Å². The average Bonchev–Trinajstić information content (AvgIpc) is 3.26. The summed E-state index contributed by atoms with van der Waals surface area (Å²) in [6.07, 6.45) is 9.09. The second kappa shape index (κ2) is 14.3. The van der Waals surface area contributed by atoms with Gasteiger partial charge in [-0.05, 0) is 51.3 Å². The van der Waals surface area contributed by atoms with Gasteiger partial charge in [-0.2, -0.15) is 0 Å². The highest BCUT2D eigenvalue weighted by molar-refractivity contribution is 7.14. The molecule has 204 valence electrons. The predicted octanol–water partition coefficient (Wildman–Crippen LogP) is 2.72. The zero-order valence-corrected chi connectivity index (χ0v) is 22.2. The monoisotopic (exact) mass is 543 g/mol. The van der Waals surface area contributed by atoms with Gasteiger partial charge >= 0.3 is 11.9 Å². The normalized spacial score (nSPS) is 16.0. The van der Waals surface area contributed by atoms with Crippen LogP contribution in [0.15, 0.2) is 36.7 Å². The molecule has 1 saturated heterocycles. The Morgan fingerprint density at radius 2 is 1.61 bits per heavy atom. The van der Waals surface area contributed by atoms with E-state index in [2.05, 4.69) is 19.8 Å². The van der Waals surface area contributed by atoms with Crippen LogP contribution in [0.25, 0.3) is 0 Å². The summed E-state index contributed by atoms with van der Waals surface area (Å²) in [6.45, 7) is 7.29. The minimum Gasteiger partial charge on any atom is -0.478 e. The molecular formula is C26H33N5O6S. The maximum atomic E-state index is 12.6. The Morgan fingerprint density at radius 3 is 2.21 bits per heavy atom. The molecule has 38 heavy (non-hydrogen) atoms. The molecule has 11 nitrogen and oxygen atoms in total. The van der Waals surface area contributed by atoms with Crippen molar-refractivity contribution in [2.24, 2.45) is 0 Å².